The third kappa shape index (κ3) is 4.61. The highest BCUT2D eigenvalue weighted by Gasteiger charge is 2.13. The second kappa shape index (κ2) is 8.97. The summed E-state index contributed by atoms with van der Waals surface area (Å²) in [5, 5.41) is 18.4. The van der Waals surface area contributed by atoms with Gasteiger partial charge in [0.05, 0.1) is 26.8 Å². The molecule has 0 aliphatic rings. The molecule has 0 saturated carbocycles. The largest absolute Gasteiger partial charge is 0.478 e. The number of fused-ring (bicyclic) bond motifs is 2. The SMILES string of the molecule is CNC(=O)NC.Cn1c(Nc2nc3ccc(Cl)cc3s2)nc2cc(C(=O)O)ccc21. The molecule has 0 atom stereocenters. The summed E-state index contributed by atoms with van der Waals surface area (Å²) in [6.45, 7) is 0. The van der Waals surface area contributed by atoms with Gasteiger partial charge in [-0.1, -0.05) is 22.9 Å². The highest BCUT2D eigenvalue weighted by Crippen LogP contribution is 2.30. The molecule has 11 heteroatoms. The minimum Gasteiger partial charge on any atom is -0.478 e. The molecular weight excluding hydrogens is 428 g/mol. The monoisotopic (exact) mass is 446 g/mol. The third-order valence-corrected chi connectivity index (χ3v) is 5.32. The maximum Gasteiger partial charge on any atom is 0.335 e. The van der Waals surface area contributed by atoms with Crippen molar-refractivity contribution >= 4 is 67.3 Å². The zero-order valence-corrected chi connectivity index (χ0v) is 17.9. The minimum atomic E-state index is -0.972. The van der Waals surface area contributed by atoms with Crippen molar-refractivity contribution in [2.75, 3.05) is 19.4 Å². The highest BCUT2D eigenvalue weighted by atomic mass is 35.5. The van der Waals surface area contributed by atoms with Gasteiger partial charge < -0.3 is 25.6 Å². The van der Waals surface area contributed by atoms with Crippen LogP contribution in [0, 0.1) is 0 Å². The van der Waals surface area contributed by atoms with Crippen LogP contribution in [0.2, 0.25) is 5.02 Å². The van der Waals surface area contributed by atoms with Crippen molar-refractivity contribution in [3.8, 4) is 0 Å². The number of nitrogens with one attached hydrogen (secondary N) is 3. The van der Waals surface area contributed by atoms with E-state index < -0.39 is 5.97 Å². The summed E-state index contributed by atoms with van der Waals surface area (Å²) in [6, 6.07) is 10.2. The van der Waals surface area contributed by atoms with Gasteiger partial charge in [0, 0.05) is 26.2 Å². The topological polar surface area (TPSA) is 121 Å². The van der Waals surface area contributed by atoms with E-state index in [1.807, 2.05) is 23.7 Å². The zero-order valence-electron chi connectivity index (χ0n) is 16.4. The maximum atomic E-state index is 11.1. The van der Waals surface area contributed by atoms with Crippen molar-refractivity contribution in [1.29, 1.82) is 0 Å². The quantitative estimate of drug-likeness (QED) is 0.379. The van der Waals surface area contributed by atoms with Gasteiger partial charge in [-0.15, -0.1) is 0 Å². The molecule has 2 heterocycles. The van der Waals surface area contributed by atoms with Crippen LogP contribution >= 0.6 is 22.9 Å². The molecule has 4 aromatic rings. The number of carboxylic acids is 1. The summed E-state index contributed by atoms with van der Waals surface area (Å²) in [7, 11) is 5.00. The Balaban J connectivity index is 0.000000377. The third-order valence-electron chi connectivity index (χ3n) is 4.15. The number of anilines is 2. The smallest absolute Gasteiger partial charge is 0.335 e. The number of benzene rings is 2. The van der Waals surface area contributed by atoms with Crippen molar-refractivity contribution in [2.24, 2.45) is 7.05 Å². The van der Waals surface area contributed by atoms with E-state index in [9.17, 15) is 9.59 Å². The zero-order chi connectivity index (χ0) is 21.8. The second-order valence-corrected chi connectivity index (χ2v) is 7.56. The number of hydrogen-bond acceptors (Lipinski definition) is 6. The van der Waals surface area contributed by atoms with E-state index in [0.717, 1.165) is 15.7 Å². The molecule has 4 rings (SSSR count). The predicted molar refractivity (Wildman–Crippen MR) is 119 cm³/mol. The first kappa shape index (κ1) is 21.3. The fraction of sp³-hybridized carbons (Fsp3) is 0.158. The molecule has 4 N–H and O–H groups in total. The molecule has 0 aliphatic carbocycles. The molecule has 0 radical (unpaired) electrons. The van der Waals surface area contributed by atoms with Gasteiger partial charge in [-0.2, -0.15) is 0 Å². The highest BCUT2D eigenvalue weighted by molar-refractivity contribution is 7.22. The number of amides is 2. The standard InChI is InChI=1S/C16H11ClN4O2S.C3H8N2O/c1-21-12-5-2-8(14(22)23)6-11(12)18-15(21)20-16-19-10-4-3-9(17)7-13(10)24-16;1-4-3(6)5-2/h2-7H,1H3,(H,22,23)(H,18,19,20);1-2H3,(H2,4,5,6). The van der Waals surface area contributed by atoms with E-state index >= 15 is 0 Å². The summed E-state index contributed by atoms with van der Waals surface area (Å²) >= 11 is 7.48. The Morgan fingerprint density at radius 1 is 1.07 bits per heavy atom. The van der Waals surface area contributed by atoms with E-state index in [1.54, 1.807) is 38.4 Å². The van der Waals surface area contributed by atoms with Gasteiger partial charge in [-0.25, -0.2) is 19.6 Å². The Kier molecular flexibility index (Phi) is 6.38. The molecule has 2 amide bonds. The number of carbonyl (C=O) groups excluding carboxylic acids is 1. The Morgan fingerprint density at radius 2 is 1.80 bits per heavy atom. The van der Waals surface area contributed by atoms with Crippen LogP contribution < -0.4 is 16.0 Å². The average molecular weight is 447 g/mol. The van der Waals surface area contributed by atoms with Gasteiger partial charge >= 0.3 is 12.0 Å². The van der Waals surface area contributed by atoms with E-state index in [-0.39, 0.29) is 11.6 Å². The van der Waals surface area contributed by atoms with Gasteiger partial charge in [0.15, 0.2) is 5.13 Å². The first-order valence-electron chi connectivity index (χ1n) is 8.74. The predicted octanol–water partition coefficient (Wildman–Crippen LogP) is 3.82. The molecule has 0 aliphatic heterocycles. The number of aryl methyl sites for hydroxylation is 1. The minimum absolute atomic E-state index is 0.157. The number of rotatable bonds is 3. The van der Waals surface area contributed by atoms with Crippen LogP contribution in [0.4, 0.5) is 15.9 Å². The number of urea groups is 1. The van der Waals surface area contributed by atoms with Gasteiger partial charge in [-0.05, 0) is 36.4 Å². The number of aromatic nitrogens is 3. The summed E-state index contributed by atoms with van der Waals surface area (Å²) in [6.07, 6.45) is 0. The van der Waals surface area contributed by atoms with Gasteiger partial charge in [0.1, 0.15) is 0 Å². The van der Waals surface area contributed by atoms with Crippen molar-refractivity contribution in [3.05, 3.63) is 47.0 Å². The molecule has 0 spiro atoms. The van der Waals surface area contributed by atoms with Crippen molar-refractivity contribution < 1.29 is 14.7 Å². The second-order valence-electron chi connectivity index (χ2n) is 6.09. The van der Waals surface area contributed by atoms with E-state index in [0.29, 0.717) is 21.6 Å². The summed E-state index contributed by atoms with van der Waals surface area (Å²) in [4.78, 5) is 30.0. The van der Waals surface area contributed by atoms with E-state index in [2.05, 4.69) is 25.9 Å². The molecule has 9 nitrogen and oxygen atoms in total. The van der Waals surface area contributed by atoms with Crippen LogP contribution in [0.3, 0.4) is 0 Å². The van der Waals surface area contributed by atoms with Gasteiger partial charge in [-0.3, -0.25) is 0 Å². The number of carboxylic acid groups (broad SMARTS) is 1. The lowest BCUT2D eigenvalue weighted by atomic mass is 10.2. The van der Waals surface area contributed by atoms with Crippen molar-refractivity contribution in [1.82, 2.24) is 25.2 Å². The molecule has 2 aromatic heterocycles. The van der Waals surface area contributed by atoms with Crippen molar-refractivity contribution in [3.63, 3.8) is 0 Å². The number of thiazole rings is 1. The lowest BCUT2D eigenvalue weighted by Crippen LogP contribution is -2.28. The summed E-state index contributed by atoms with van der Waals surface area (Å²) in [5.74, 6) is -0.377. The molecule has 30 heavy (non-hydrogen) atoms. The molecule has 0 fully saturated rings. The van der Waals surface area contributed by atoms with E-state index in [4.69, 9.17) is 16.7 Å². The molecule has 0 saturated heterocycles. The van der Waals surface area contributed by atoms with Crippen LogP contribution in [-0.2, 0) is 7.05 Å². The summed E-state index contributed by atoms with van der Waals surface area (Å²) in [5.41, 5.74) is 2.52. The Labute approximate surface area is 180 Å². The maximum absolute atomic E-state index is 11.1. The molecule has 0 unspecified atom stereocenters. The molecule has 2 aromatic carbocycles. The average Bonchev–Trinajstić information content (AvgIpc) is 3.27. The number of carbonyl (C=O) groups is 2. The molecule has 156 valence electrons. The molecule has 0 bridgehead atoms. The lowest BCUT2D eigenvalue weighted by molar-refractivity contribution is 0.0697. The first-order valence-corrected chi connectivity index (χ1v) is 9.94. The van der Waals surface area contributed by atoms with Crippen LogP contribution in [-0.4, -0.2) is 45.7 Å². The van der Waals surface area contributed by atoms with E-state index in [1.165, 1.54) is 11.3 Å². The fourth-order valence-corrected chi connectivity index (χ4v) is 3.75. The van der Waals surface area contributed by atoms with Crippen LogP contribution in [0.25, 0.3) is 21.3 Å². The van der Waals surface area contributed by atoms with Gasteiger partial charge in [0.2, 0.25) is 5.95 Å². The summed E-state index contributed by atoms with van der Waals surface area (Å²) < 4.78 is 2.84. The number of halogens is 1. The van der Waals surface area contributed by atoms with Gasteiger partial charge in [0.25, 0.3) is 0 Å². The molecular formula is C19H19ClN6O3S. The van der Waals surface area contributed by atoms with Crippen molar-refractivity contribution in [2.45, 2.75) is 0 Å². The number of hydrogen-bond donors (Lipinski definition) is 4. The Bertz CT molecular complexity index is 1230. The number of imidazole rings is 1. The fourth-order valence-electron chi connectivity index (χ4n) is 2.62. The van der Waals surface area contributed by atoms with Crippen LogP contribution in [0.1, 0.15) is 10.4 Å². The normalized spacial score (nSPS) is 10.4. The van der Waals surface area contributed by atoms with Crippen LogP contribution in [0.15, 0.2) is 36.4 Å². The Hall–Kier alpha value is -3.37. The number of aromatic carboxylic acids is 1. The van der Waals surface area contributed by atoms with Crippen LogP contribution in [0.5, 0.6) is 0 Å². The lowest BCUT2D eigenvalue weighted by Gasteiger charge is -2.02. The number of nitrogens with zero attached hydrogens (tertiary/aromatic N) is 3. The first-order chi connectivity index (χ1) is 14.3. The Morgan fingerprint density at radius 3 is 2.43 bits per heavy atom.